The highest BCUT2D eigenvalue weighted by Gasteiger charge is 2.31. The van der Waals surface area contributed by atoms with E-state index in [0.717, 1.165) is 0 Å². The molecule has 0 unspecified atom stereocenters. The predicted octanol–water partition coefficient (Wildman–Crippen LogP) is 1.04. The van der Waals surface area contributed by atoms with Gasteiger partial charge in [-0.1, -0.05) is 11.6 Å². The number of nitrogens with zero attached hydrogens (tertiary/aromatic N) is 4. The van der Waals surface area contributed by atoms with Crippen LogP contribution in [-0.2, 0) is 9.84 Å². The molecule has 2 N–H and O–H groups in total. The van der Waals surface area contributed by atoms with Gasteiger partial charge in [-0.15, -0.1) is 0 Å². The smallest absolute Gasteiger partial charge is 0.252 e. The highest BCUT2D eigenvalue weighted by molar-refractivity contribution is 7.91. The molecule has 9 nitrogen and oxygen atoms in total. The summed E-state index contributed by atoms with van der Waals surface area (Å²) >= 11 is 6.35. The molecule has 0 radical (unpaired) electrons. The van der Waals surface area contributed by atoms with Gasteiger partial charge in [0.15, 0.2) is 9.84 Å². The van der Waals surface area contributed by atoms with Crippen LogP contribution in [0.1, 0.15) is 29.4 Å². The maximum Gasteiger partial charge on any atom is 0.252 e. The van der Waals surface area contributed by atoms with Crippen molar-refractivity contribution in [1.82, 2.24) is 19.7 Å². The quantitative estimate of drug-likeness (QED) is 0.600. The van der Waals surface area contributed by atoms with Crippen LogP contribution in [0.5, 0.6) is 0 Å². The Hall–Kier alpha value is -2.20. The molecule has 2 aromatic heterocycles. The van der Waals surface area contributed by atoms with E-state index in [1.54, 1.807) is 13.8 Å². The molecule has 25 heavy (non-hydrogen) atoms. The van der Waals surface area contributed by atoms with Crippen LogP contribution in [-0.4, -0.2) is 45.9 Å². The zero-order chi connectivity index (χ0) is 18.2. The number of aromatic amines is 1. The third-order valence-electron chi connectivity index (χ3n) is 3.86. The van der Waals surface area contributed by atoms with Gasteiger partial charge in [-0.2, -0.15) is 10.2 Å². The number of H-pyrrole nitrogens is 1. The second-order valence-corrected chi connectivity index (χ2v) is 8.48. The average molecular weight is 385 g/mol. The fourth-order valence-corrected chi connectivity index (χ4v) is 4.73. The molecular weight excluding hydrogens is 368 g/mol. The summed E-state index contributed by atoms with van der Waals surface area (Å²) in [6, 6.07) is 1.11. The van der Waals surface area contributed by atoms with Crippen molar-refractivity contribution in [2.75, 3.05) is 16.9 Å². The summed E-state index contributed by atoms with van der Waals surface area (Å²) in [6.07, 6.45) is 1.96. The molecule has 0 aromatic carbocycles. The van der Waals surface area contributed by atoms with Crippen LogP contribution in [0, 0.1) is 13.8 Å². The van der Waals surface area contributed by atoms with E-state index < -0.39 is 9.84 Å². The van der Waals surface area contributed by atoms with E-state index >= 15 is 0 Å². The van der Waals surface area contributed by atoms with Gasteiger partial charge in [0.1, 0.15) is 5.15 Å². The third kappa shape index (κ3) is 3.90. The predicted molar refractivity (Wildman–Crippen MR) is 95.1 cm³/mol. The van der Waals surface area contributed by atoms with Crippen molar-refractivity contribution in [2.45, 2.75) is 26.3 Å². The van der Waals surface area contributed by atoms with Crippen molar-refractivity contribution >= 4 is 33.6 Å². The number of aromatic nitrogens is 4. The number of anilines is 1. The molecule has 1 aliphatic rings. The molecule has 1 atom stereocenters. The average Bonchev–Trinajstić information content (AvgIpc) is 2.99. The Morgan fingerprint density at radius 3 is 2.88 bits per heavy atom. The summed E-state index contributed by atoms with van der Waals surface area (Å²) < 4.78 is 24.8. The number of aryl methyl sites for hydroxylation is 2. The van der Waals surface area contributed by atoms with Gasteiger partial charge in [-0.3, -0.25) is 9.78 Å². The maximum absolute atomic E-state index is 11.6. The Morgan fingerprint density at radius 2 is 2.24 bits per heavy atom. The number of hydrazone groups is 1. The summed E-state index contributed by atoms with van der Waals surface area (Å²) in [5.74, 6) is 0.394. The van der Waals surface area contributed by atoms with Crippen molar-refractivity contribution in [3.05, 3.63) is 38.5 Å². The zero-order valence-electron chi connectivity index (χ0n) is 13.7. The van der Waals surface area contributed by atoms with Crippen LogP contribution in [0.25, 0.3) is 0 Å². The minimum atomic E-state index is -3.03. The molecule has 1 fully saturated rings. The van der Waals surface area contributed by atoms with Crippen molar-refractivity contribution in [2.24, 2.45) is 5.10 Å². The van der Waals surface area contributed by atoms with Crippen LogP contribution < -0.4 is 11.0 Å². The Bertz CT molecular complexity index is 994. The molecule has 3 rings (SSSR count). The first-order valence-corrected chi connectivity index (χ1v) is 9.77. The maximum atomic E-state index is 11.6. The lowest BCUT2D eigenvalue weighted by molar-refractivity contribution is 0.497. The van der Waals surface area contributed by atoms with Crippen LogP contribution in [0.4, 0.5) is 5.95 Å². The number of hydrogen-bond acceptors (Lipinski definition) is 7. The lowest BCUT2D eigenvalue weighted by Gasteiger charge is -2.09. The molecule has 0 amide bonds. The van der Waals surface area contributed by atoms with E-state index in [9.17, 15) is 13.2 Å². The van der Waals surface area contributed by atoms with Gasteiger partial charge >= 0.3 is 0 Å². The number of nitrogens with one attached hydrogen (secondary N) is 2. The summed E-state index contributed by atoms with van der Waals surface area (Å²) in [5, 5.41) is 8.69. The molecule has 0 aliphatic carbocycles. The second-order valence-electron chi connectivity index (χ2n) is 5.90. The van der Waals surface area contributed by atoms with Gasteiger partial charge < -0.3 is 0 Å². The van der Waals surface area contributed by atoms with Crippen molar-refractivity contribution < 1.29 is 8.42 Å². The van der Waals surface area contributed by atoms with Crippen LogP contribution in [0.2, 0.25) is 5.15 Å². The number of rotatable bonds is 4. The van der Waals surface area contributed by atoms with E-state index in [1.165, 1.54) is 17.0 Å². The Labute approximate surface area is 149 Å². The van der Waals surface area contributed by atoms with Crippen LogP contribution >= 0.6 is 11.6 Å². The Kier molecular flexibility index (Phi) is 4.65. The summed E-state index contributed by atoms with van der Waals surface area (Å²) in [5.41, 5.74) is 4.12. The van der Waals surface area contributed by atoms with E-state index in [0.29, 0.717) is 28.5 Å². The first-order chi connectivity index (χ1) is 11.7. The lowest BCUT2D eigenvalue weighted by atomic mass is 10.2. The first-order valence-electron chi connectivity index (χ1n) is 7.57. The molecule has 134 valence electrons. The Morgan fingerprint density at radius 1 is 1.48 bits per heavy atom. The highest BCUT2D eigenvalue weighted by atomic mass is 35.5. The lowest BCUT2D eigenvalue weighted by Crippen LogP contribution is -2.12. The number of halogens is 1. The molecule has 3 heterocycles. The number of hydrogen-bond donors (Lipinski definition) is 2. The van der Waals surface area contributed by atoms with E-state index in [1.807, 2.05) is 0 Å². The van der Waals surface area contributed by atoms with Crippen molar-refractivity contribution in [3.8, 4) is 0 Å². The second kappa shape index (κ2) is 6.60. The molecular formula is C14H17ClN6O3S. The first kappa shape index (κ1) is 17.6. The molecule has 1 saturated heterocycles. The molecule has 0 spiro atoms. The summed E-state index contributed by atoms with van der Waals surface area (Å²) in [6.45, 7) is 3.46. The van der Waals surface area contributed by atoms with Crippen molar-refractivity contribution in [3.63, 3.8) is 0 Å². The summed E-state index contributed by atoms with van der Waals surface area (Å²) in [4.78, 5) is 18.0. The molecule has 0 bridgehead atoms. The van der Waals surface area contributed by atoms with E-state index in [-0.39, 0.29) is 29.1 Å². The standard InChI is InChI=1S/C14H17ClN6O3S/c1-8-5-12(22)18-14(17-8)19-16-6-11-9(2)20-21(13(11)15)10-3-4-25(23,24)7-10/h5-6,10H,3-4,7H2,1-2H3,(H2,17,18,19,22)/b16-6-/t10-/m0/s1. The summed E-state index contributed by atoms with van der Waals surface area (Å²) in [7, 11) is -3.03. The molecule has 0 saturated carbocycles. The van der Waals surface area contributed by atoms with E-state index in [2.05, 4.69) is 25.6 Å². The fraction of sp³-hybridized carbons (Fsp3) is 0.429. The zero-order valence-corrected chi connectivity index (χ0v) is 15.2. The molecule has 2 aromatic rings. The Balaban J connectivity index is 1.80. The minimum absolute atomic E-state index is 0.0388. The SMILES string of the molecule is Cc1cc(=O)[nH]c(N/N=C\c2c(C)nn([C@H]3CCS(=O)(=O)C3)c2Cl)n1. The highest BCUT2D eigenvalue weighted by Crippen LogP contribution is 2.29. The van der Waals surface area contributed by atoms with Crippen molar-refractivity contribution in [1.29, 1.82) is 0 Å². The topological polar surface area (TPSA) is 122 Å². The van der Waals surface area contributed by atoms with Crippen LogP contribution in [0.3, 0.4) is 0 Å². The normalized spacial score (nSPS) is 19.6. The minimum Gasteiger partial charge on any atom is -0.291 e. The van der Waals surface area contributed by atoms with Gasteiger partial charge in [-0.25, -0.2) is 23.5 Å². The van der Waals surface area contributed by atoms with E-state index in [4.69, 9.17) is 11.6 Å². The van der Waals surface area contributed by atoms with Gasteiger partial charge in [-0.05, 0) is 20.3 Å². The monoisotopic (exact) mass is 384 g/mol. The number of sulfone groups is 1. The van der Waals surface area contributed by atoms with Gasteiger partial charge in [0.05, 0.1) is 35.0 Å². The van der Waals surface area contributed by atoms with Gasteiger partial charge in [0.2, 0.25) is 5.95 Å². The fourth-order valence-electron chi connectivity index (χ4n) is 2.68. The van der Waals surface area contributed by atoms with Crippen LogP contribution in [0.15, 0.2) is 16.0 Å². The van der Waals surface area contributed by atoms with Gasteiger partial charge in [0, 0.05) is 11.8 Å². The van der Waals surface area contributed by atoms with Gasteiger partial charge in [0.25, 0.3) is 5.56 Å². The molecule has 1 aliphatic heterocycles. The molecule has 11 heteroatoms. The third-order valence-corrected chi connectivity index (χ3v) is 5.99. The largest absolute Gasteiger partial charge is 0.291 e.